The zero-order valence-electron chi connectivity index (χ0n) is 15.4. The van der Waals surface area contributed by atoms with Crippen LogP contribution in [0.25, 0.3) is 0 Å². The molecular weight excluding hydrogens is 314 g/mol. The number of carbonyl (C=O) groups is 2. The second-order valence-electron chi connectivity index (χ2n) is 7.48. The summed E-state index contributed by atoms with van der Waals surface area (Å²) in [6.07, 6.45) is 8.09. The van der Waals surface area contributed by atoms with Crippen molar-refractivity contribution in [2.45, 2.75) is 58.4 Å². The molecular formula is C20H29N3O2. The van der Waals surface area contributed by atoms with E-state index in [2.05, 4.69) is 18.8 Å². The maximum atomic E-state index is 12.9. The monoisotopic (exact) mass is 343 g/mol. The predicted molar refractivity (Wildman–Crippen MR) is 97.5 cm³/mol. The second kappa shape index (κ2) is 7.98. The molecule has 3 heterocycles. The van der Waals surface area contributed by atoms with Gasteiger partial charge in [-0.3, -0.25) is 14.6 Å². The molecule has 3 rings (SSSR count). The summed E-state index contributed by atoms with van der Waals surface area (Å²) in [6.45, 7) is 6.71. The van der Waals surface area contributed by atoms with Crippen LogP contribution in [0.2, 0.25) is 0 Å². The molecule has 1 aromatic heterocycles. The molecule has 1 aromatic rings. The highest BCUT2D eigenvalue weighted by atomic mass is 16.2. The molecule has 0 N–H and O–H groups in total. The van der Waals surface area contributed by atoms with Crippen molar-refractivity contribution in [3.05, 3.63) is 29.6 Å². The van der Waals surface area contributed by atoms with E-state index in [1.54, 1.807) is 18.3 Å². The minimum Gasteiger partial charge on any atom is -0.338 e. The summed E-state index contributed by atoms with van der Waals surface area (Å²) in [7, 11) is 0. The third kappa shape index (κ3) is 4.02. The van der Waals surface area contributed by atoms with Crippen molar-refractivity contribution in [3.63, 3.8) is 0 Å². The Morgan fingerprint density at radius 1 is 1.16 bits per heavy atom. The summed E-state index contributed by atoms with van der Waals surface area (Å²) in [5.74, 6) is 0.529. The lowest BCUT2D eigenvalue weighted by Gasteiger charge is -2.35. The van der Waals surface area contributed by atoms with Gasteiger partial charge in [0.1, 0.15) is 5.69 Å². The van der Waals surface area contributed by atoms with Gasteiger partial charge in [0.2, 0.25) is 0 Å². The highest BCUT2D eigenvalue weighted by Crippen LogP contribution is 2.22. The molecule has 2 saturated heterocycles. The predicted octanol–water partition coefficient (Wildman–Crippen LogP) is 3.36. The molecule has 2 atom stereocenters. The standard InChI is InChI=1S/C20H29N3O2/c1-3-17-8-4-5-12-23(17)20(25)18-13-16(9-10-21-18)19(24)22-11-6-7-15(2)14-22/h9-10,13,15,17H,3-8,11-12,14H2,1-2H3. The Morgan fingerprint density at radius 3 is 2.76 bits per heavy atom. The van der Waals surface area contributed by atoms with Crippen LogP contribution in [0.15, 0.2) is 18.3 Å². The topological polar surface area (TPSA) is 53.5 Å². The SMILES string of the molecule is CCC1CCCCN1C(=O)c1cc(C(=O)N2CCCC(C)C2)ccn1. The van der Waals surface area contributed by atoms with Crippen molar-refractivity contribution in [1.82, 2.24) is 14.8 Å². The Labute approximate surface area is 150 Å². The summed E-state index contributed by atoms with van der Waals surface area (Å²) in [5, 5.41) is 0. The van der Waals surface area contributed by atoms with E-state index in [1.807, 2.05) is 9.80 Å². The molecule has 25 heavy (non-hydrogen) atoms. The molecule has 0 spiro atoms. The van der Waals surface area contributed by atoms with Crippen LogP contribution >= 0.6 is 0 Å². The zero-order valence-corrected chi connectivity index (χ0v) is 15.4. The number of aromatic nitrogens is 1. The molecule has 0 aliphatic carbocycles. The van der Waals surface area contributed by atoms with Crippen LogP contribution in [0.5, 0.6) is 0 Å². The average Bonchev–Trinajstić information content (AvgIpc) is 2.67. The molecule has 2 unspecified atom stereocenters. The molecule has 0 bridgehead atoms. The van der Waals surface area contributed by atoms with Gasteiger partial charge in [-0.1, -0.05) is 13.8 Å². The van der Waals surface area contributed by atoms with Gasteiger partial charge in [-0.25, -0.2) is 0 Å². The van der Waals surface area contributed by atoms with Crippen LogP contribution < -0.4 is 0 Å². The fourth-order valence-electron chi connectivity index (χ4n) is 4.08. The quantitative estimate of drug-likeness (QED) is 0.845. The van der Waals surface area contributed by atoms with Crippen LogP contribution in [0.1, 0.15) is 73.2 Å². The number of pyridine rings is 1. The number of likely N-dealkylation sites (tertiary alicyclic amines) is 2. The lowest BCUT2D eigenvalue weighted by Crippen LogP contribution is -2.43. The van der Waals surface area contributed by atoms with E-state index < -0.39 is 0 Å². The fraction of sp³-hybridized carbons (Fsp3) is 0.650. The van der Waals surface area contributed by atoms with Gasteiger partial charge < -0.3 is 9.80 Å². The van der Waals surface area contributed by atoms with E-state index >= 15 is 0 Å². The van der Waals surface area contributed by atoms with Crippen LogP contribution in [0.3, 0.4) is 0 Å². The summed E-state index contributed by atoms with van der Waals surface area (Å²) < 4.78 is 0. The second-order valence-corrected chi connectivity index (χ2v) is 7.48. The van der Waals surface area contributed by atoms with Gasteiger partial charge in [0, 0.05) is 37.4 Å². The van der Waals surface area contributed by atoms with Crippen molar-refractivity contribution >= 4 is 11.8 Å². The molecule has 2 aliphatic rings. The van der Waals surface area contributed by atoms with Gasteiger partial charge in [0.15, 0.2) is 0 Å². The first-order valence-electron chi connectivity index (χ1n) is 9.66. The number of piperidine rings is 2. The van der Waals surface area contributed by atoms with Gasteiger partial charge >= 0.3 is 0 Å². The van der Waals surface area contributed by atoms with Crippen LogP contribution in [0.4, 0.5) is 0 Å². The number of amides is 2. The Morgan fingerprint density at radius 2 is 2.00 bits per heavy atom. The first kappa shape index (κ1) is 17.9. The van der Waals surface area contributed by atoms with Crippen LogP contribution in [0, 0.1) is 5.92 Å². The first-order valence-corrected chi connectivity index (χ1v) is 9.66. The number of hydrogen-bond donors (Lipinski definition) is 0. The lowest BCUT2D eigenvalue weighted by atomic mass is 9.99. The van der Waals surface area contributed by atoms with Gasteiger partial charge in [-0.05, 0) is 56.6 Å². The van der Waals surface area contributed by atoms with Crippen molar-refractivity contribution in [1.29, 1.82) is 0 Å². The Kier molecular flexibility index (Phi) is 5.71. The van der Waals surface area contributed by atoms with Crippen molar-refractivity contribution in [2.75, 3.05) is 19.6 Å². The normalized spacial score (nSPS) is 24.2. The number of nitrogens with zero attached hydrogens (tertiary/aromatic N) is 3. The van der Waals surface area contributed by atoms with Crippen LogP contribution in [-0.4, -0.2) is 52.3 Å². The Balaban J connectivity index is 1.76. The molecule has 0 saturated carbocycles. The smallest absolute Gasteiger partial charge is 0.272 e. The molecule has 5 heteroatoms. The van der Waals surface area contributed by atoms with E-state index in [4.69, 9.17) is 0 Å². The number of hydrogen-bond acceptors (Lipinski definition) is 3. The van der Waals surface area contributed by atoms with Gasteiger partial charge in [-0.2, -0.15) is 0 Å². The maximum absolute atomic E-state index is 12.9. The summed E-state index contributed by atoms with van der Waals surface area (Å²) in [4.78, 5) is 33.8. The summed E-state index contributed by atoms with van der Waals surface area (Å²) in [6, 6.07) is 3.71. The summed E-state index contributed by atoms with van der Waals surface area (Å²) in [5.41, 5.74) is 0.980. The van der Waals surface area contributed by atoms with Crippen molar-refractivity contribution in [3.8, 4) is 0 Å². The Hall–Kier alpha value is -1.91. The fourth-order valence-corrected chi connectivity index (χ4v) is 4.08. The minimum atomic E-state index is -0.0341. The summed E-state index contributed by atoms with van der Waals surface area (Å²) >= 11 is 0. The van der Waals surface area contributed by atoms with Crippen molar-refractivity contribution < 1.29 is 9.59 Å². The molecule has 2 aliphatic heterocycles. The third-order valence-corrected chi connectivity index (χ3v) is 5.53. The highest BCUT2D eigenvalue weighted by Gasteiger charge is 2.28. The molecule has 0 aromatic carbocycles. The first-order chi connectivity index (χ1) is 12.1. The zero-order chi connectivity index (χ0) is 17.8. The molecule has 0 radical (unpaired) electrons. The molecule has 2 fully saturated rings. The Bertz CT molecular complexity index is 631. The molecule has 5 nitrogen and oxygen atoms in total. The minimum absolute atomic E-state index is 0.0219. The largest absolute Gasteiger partial charge is 0.338 e. The van der Waals surface area contributed by atoms with Gasteiger partial charge in [0.05, 0.1) is 0 Å². The average molecular weight is 343 g/mol. The van der Waals surface area contributed by atoms with E-state index in [0.717, 1.165) is 45.3 Å². The van der Waals surface area contributed by atoms with E-state index in [9.17, 15) is 9.59 Å². The number of carbonyl (C=O) groups excluding carboxylic acids is 2. The van der Waals surface area contributed by atoms with Gasteiger partial charge in [0.25, 0.3) is 11.8 Å². The van der Waals surface area contributed by atoms with E-state index in [0.29, 0.717) is 23.2 Å². The molecule has 2 amide bonds. The van der Waals surface area contributed by atoms with Gasteiger partial charge in [-0.15, -0.1) is 0 Å². The number of rotatable bonds is 3. The lowest BCUT2D eigenvalue weighted by molar-refractivity contribution is 0.0602. The molecule has 136 valence electrons. The maximum Gasteiger partial charge on any atom is 0.272 e. The van der Waals surface area contributed by atoms with Crippen LogP contribution in [-0.2, 0) is 0 Å². The highest BCUT2D eigenvalue weighted by molar-refractivity contribution is 5.98. The van der Waals surface area contributed by atoms with Crippen molar-refractivity contribution in [2.24, 2.45) is 5.92 Å². The van der Waals surface area contributed by atoms with E-state index in [1.165, 1.54) is 12.8 Å². The third-order valence-electron chi connectivity index (χ3n) is 5.53. The van der Waals surface area contributed by atoms with E-state index in [-0.39, 0.29) is 11.8 Å².